The molecule has 1 N–H and O–H groups in total. The number of carbonyl (C=O) groups is 1. The second kappa shape index (κ2) is 6.24. The van der Waals surface area contributed by atoms with Gasteiger partial charge in [-0.3, -0.25) is 0 Å². The van der Waals surface area contributed by atoms with Crippen molar-refractivity contribution in [3.05, 3.63) is 59.9 Å². The summed E-state index contributed by atoms with van der Waals surface area (Å²) in [5.74, 6) is -0.485. The zero-order chi connectivity index (χ0) is 17.3. The minimum absolute atomic E-state index is 0.0764. The third-order valence-electron chi connectivity index (χ3n) is 4.02. The number of likely N-dealkylation sites (tertiary alicyclic amines) is 1. The van der Waals surface area contributed by atoms with Gasteiger partial charge in [0.25, 0.3) is 0 Å². The summed E-state index contributed by atoms with van der Waals surface area (Å²) < 4.78 is 37.7. The lowest BCUT2D eigenvalue weighted by atomic mass is 10.2. The number of nitrogens with zero attached hydrogens (tertiary/aromatic N) is 1. The van der Waals surface area contributed by atoms with Gasteiger partial charge in [0, 0.05) is 18.8 Å². The van der Waals surface area contributed by atoms with E-state index in [0.717, 1.165) is 17.7 Å². The molecule has 3 rings (SSSR count). The van der Waals surface area contributed by atoms with Gasteiger partial charge in [-0.1, -0.05) is 17.7 Å². The van der Waals surface area contributed by atoms with E-state index >= 15 is 0 Å². The van der Waals surface area contributed by atoms with Gasteiger partial charge in [-0.2, -0.15) is 0 Å². The Labute approximate surface area is 140 Å². The summed E-state index contributed by atoms with van der Waals surface area (Å²) in [4.78, 5) is 13.6. The van der Waals surface area contributed by atoms with Gasteiger partial charge in [0.15, 0.2) is 9.84 Å². The molecule has 1 aliphatic heterocycles. The van der Waals surface area contributed by atoms with Crippen LogP contribution in [0, 0.1) is 12.7 Å². The molecule has 2 aromatic carbocycles. The van der Waals surface area contributed by atoms with Crippen LogP contribution in [0.5, 0.6) is 0 Å². The molecule has 0 bridgehead atoms. The maximum Gasteiger partial charge on any atom is 0.321 e. The number of aryl methyl sites for hydroxylation is 1. The fourth-order valence-corrected chi connectivity index (χ4v) is 4.11. The zero-order valence-corrected chi connectivity index (χ0v) is 13.9. The normalized spacial score (nSPS) is 15.0. The average molecular weight is 348 g/mol. The number of benzene rings is 2. The van der Waals surface area contributed by atoms with Crippen LogP contribution in [-0.2, 0) is 9.84 Å². The molecule has 1 heterocycles. The van der Waals surface area contributed by atoms with E-state index in [4.69, 9.17) is 0 Å². The van der Waals surface area contributed by atoms with E-state index in [0.29, 0.717) is 5.69 Å². The van der Waals surface area contributed by atoms with Crippen molar-refractivity contribution < 1.29 is 17.6 Å². The Balaban J connectivity index is 1.61. The van der Waals surface area contributed by atoms with Crippen LogP contribution in [-0.4, -0.2) is 37.7 Å². The summed E-state index contributed by atoms with van der Waals surface area (Å²) in [7, 11) is -3.55. The number of halogens is 1. The Bertz CT molecular complexity index is 842. The van der Waals surface area contributed by atoms with E-state index < -0.39 is 20.9 Å². The van der Waals surface area contributed by atoms with Crippen molar-refractivity contribution in [2.24, 2.45) is 0 Å². The summed E-state index contributed by atoms with van der Waals surface area (Å²) in [6, 6.07) is 11.8. The highest BCUT2D eigenvalue weighted by atomic mass is 32.2. The van der Waals surface area contributed by atoms with Gasteiger partial charge in [0.2, 0.25) is 0 Å². The number of rotatable bonds is 3. The zero-order valence-electron chi connectivity index (χ0n) is 13.1. The molecule has 1 fully saturated rings. The number of sulfone groups is 1. The topological polar surface area (TPSA) is 66.5 Å². The predicted octanol–water partition coefficient (Wildman–Crippen LogP) is 2.82. The molecular formula is C17H17FN2O3S. The smallest absolute Gasteiger partial charge is 0.321 e. The molecule has 7 heteroatoms. The lowest BCUT2D eigenvalue weighted by molar-refractivity contribution is 0.182. The number of carbonyl (C=O) groups excluding carboxylic acids is 1. The molecule has 0 atom stereocenters. The number of amides is 2. The lowest BCUT2D eigenvalue weighted by Gasteiger charge is -2.38. The largest absolute Gasteiger partial charge is 0.322 e. The van der Waals surface area contributed by atoms with E-state index in [1.54, 1.807) is 12.1 Å². The number of urea groups is 1. The van der Waals surface area contributed by atoms with Crippen molar-refractivity contribution >= 4 is 21.6 Å². The Morgan fingerprint density at radius 2 is 1.67 bits per heavy atom. The van der Waals surface area contributed by atoms with Crippen LogP contribution in [0.4, 0.5) is 14.9 Å². The van der Waals surface area contributed by atoms with Crippen molar-refractivity contribution in [2.75, 3.05) is 18.4 Å². The SMILES string of the molecule is Cc1ccc(NC(=O)N2CC(S(=O)(=O)c3ccc(F)cc3)C2)cc1. The molecule has 0 aliphatic carbocycles. The molecule has 5 nitrogen and oxygen atoms in total. The molecule has 24 heavy (non-hydrogen) atoms. The van der Waals surface area contributed by atoms with E-state index in [1.807, 2.05) is 19.1 Å². The number of nitrogens with one attached hydrogen (secondary N) is 1. The van der Waals surface area contributed by atoms with Crippen LogP contribution in [0.15, 0.2) is 53.4 Å². The van der Waals surface area contributed by atoms with E-state index in [1.165, 1.54) is 17.0 Å². The number of hydrogen-bond acceptors (Lipinski definition) is 3. The third-order valence-corrected chi connectivity index (χ3v) is 6.12. The van der Waals surface area contributed by atoms with Crippen LogP contribution in [0.25, 0.3) is 0 Å². The van der Waals surface area contributed by atoms with Gasteiger partial charge in [0.05, 0.1) is 4.90 Å². The van der Waals surface area contributed by atoms with Gasteiger partial charge in [-0.05, 0) is 43.3 Å². The molecular weight excluding hydrogens is 331 g/mol. The molecule has 0 saturated carbocycles. The fraction of sp³-hybridized carbons (Fsp3) is 0.235. The minimum Gasteiger partial charge on any atom is -0.322 e. The molecule has 0 spiro atoms. The van der Waals surface area contributed by atoms with Gasteiger partial charge >= 0.3 is 6.03 Å². The quantitative estimate of drug-likeness (QED) is 0.868. The second-order valence-electron chi connectivity index (χ2n) is 5.82. The third kappa shape index (κ3) is 3.26. The minimum atomic E-state index is -3.55. The first-order valence-corrected chi connectivity index (χ1v) is 9.03. The first-order chi connectivity index (χ1) is 11.4. The van der Waals surface area contributed by atoms with Crippen LogP contribution in [0.2, 0.25) is 0 Å². The van der Waals surface area contributed by atoms with E-state index in [-0.39, 0.29) is 24.0 Å². The summed E-state index contributed by atoms with van der Waals surface area (Å²) >= 11 is 0. The fourth-order valence-electron chi connectivity index (χ4n) is 2.46. The number of hydrogen-bond donors (Lipinski definition) is 1. The summed E-state index contributed by atoms with van der Waals surface area (Å²) in [5, 5.41) is 2.07. The van der Waals surface area contributed by atoms with Crippen LogP contribution < -0.4 is 5.32 Å². The van der Waals surface area contributed by atoms with Crippen molar-refractivity contribution in [3.63, 3.8) is 0 Å². The summed E-state index contributed by atoms with van der Waals surface area (Å²) in [6.07, 6.45) is 0. The van der Waals surface area contributed by atoms with Crippen molar-refractivity contribution in [3.8, 4) is 0 Å². The highest BCUT2D eigenvalue weighted by Crippen LogP contribution is 2.24. The Morgan fingerprint density at radius 1 is 1.08 bits per heavy atom. The molecule has 126 valence electrons. The van der Waals surface area contributed by atoms with Gasteiger partial charge < -0.3 is 10.2 Å². The molecule has 2 aromatic rings. The average Bonchev–Trinajstić information content (AvgIpc) is 2.48. The highest BCUT2D eigenvalue weighted by Gasteiger charge is 2.40. The summed E-state index contributed by atoms with van der Waals surface area (Å²) in [6.45, 7) is 2.20. The summed E-state index contributed by atoms with van der Waals surface area (Å²) in [5.41, 5.74) is 1.75. The Kier molecular flexibility index (Phi) is 4.28. The van der Waals surface area contributed by atoms with E-state index in [2.05, 4.69) is 5.32 Å². The second-order valence-corrected chi connectivity index (χ2v) is 8.05. The highest BCUT2D eigenvalue weighted by molar-refractivity contribution is 7.92. The first-order valence-electron chi connectivity index (χ1n) is 7.48. The van der Waals surface area contributed by atoms with Crippen LogP contribution in [0.3, 0.4) is 0 Å². The molecule has 1 saturated heterocycles. The van der Waals surface area contributed by atoms with Gasteiger partial charge in [0.1, 0.15) is 11.1 Å². The van der Waals surface area contributed by atoms with Gasteiger partial charge in [-0.15, -0.1) is 0 Å². The molecule has 0 radical (unpaired) electrons. The number of anilines is 1. The Morgan fingerprint density at radius 3 is 2.25 bits per heavy atom. The standard InChI is InChI=1S/C17H17FN2O3S/c1-12-2-6-14(7-3-12)19-17(21)20-10-16(11-20)24(22,23)15-8-4-13(18)5-9-15/h2-9,16H,10-11H2,1H3,(H,19,21). The lowest BCUT2D eigenvalue weighted by Crippen LogP contribution is -2.58. The van der Waals surface area contributed by atoms with Crippen LogP contribution >= 0.6 is 0 Å². The predicted molar refractivity (Wildman–Crippen MR) is 89.1 cm³/mol. The monoisotopic (exact) mass is 348 g/mol. The molecule has 1 aliphatic rings. The van der Waals surface area contributed by atoms with E-state index in [9.17, 15) is 17.6 Å². The molecule has 2 amide bonds. The van der Waals surface area contributed by atoms with Crippen molar-refractivity contribution in [2.45, 2.75) is 17.1 Å². The Hall–Kier alpha value is -2.41. The maximum absolute atomic E-state index is 12.9. The first kappa shape index (κ1) is 16.4. The molecule has 0 unspecified atom stereocenters. The van der Waals surface area contributed by atoms with Crippen LogP contribution in [0.1, 0.15) is 5.56 Å². The maximum atomic E-state index is 12.9. The van der Waals surface area contributed by atoms with Crippen molar-refractivity contribution in [1.82, 2.24) is 4.90 Å². The van der Waals surface area contributed by atoms with Crippen molar-refractivity contribution in [1.29, 1.82) is 0 Å². The molecule has 0 aromatic heterocycles. The van der Waals surface area contributed by atoms with Gasteiger partial charge in [-0.25, -0.2) is 17.6 Å².